The lowest BCUT2D eigenvalue weighted by atomic mass is 10.1. The zero-order valence-electron chi connectivity index (χ0n) is 13.8. The SMILES string of the molecule is CC(C)CC(=O)N=C1S[C@@H]2CS(=O)(=O)C[C@H]2N1c1ccc(Br)cc1F. The van der Waals surface area contributed by atoms with Gasteiger partial charge in [-0.25, -0.2) is 12.8 Å². The molecule has 0 spiro atoms. The van der Waals surface area contributed by atoms with Crippen LogP contribution in [0, 0.1) is 11.7 Å². The van der Waals surface area contributed by atoms with Gasteiger partial charge in [0.25, 0.3) is 0 Å². The highest BCUT2D eigenvalue weighted by molar-refractivity contribution is 9.10. The number of aliphatic imine (C=N–C) groups is 1. The first kappa shape index (κ1) is 18.8. The van der Waals surface area contributed by atoms with Crippen molar-refractivity contribution in [3.8, 4) is 0 Å². The normalized spacial score (nSPS) is 26.4. The van der Waals surface area contributed by atoms with Crippen molar-refractivity contribution in [3.63, 3.8) is 0 Å². The van der Waals surface area contributed by atoms with Crippen molar-refractivity contribution in [2.24, 2.45) is 10.9 Å². The smallest absolute Gasteiger partial charge is 0.248 e. The van der Waals surface area contributed by atoms with E-state index in [1.54, 1.807) is 17.0 Å². The van der Waals surface area contributed by atoms with Crippen molar-refractivity contribution in [3.05, 3.63) is 28.5 Å². The van der Waals surface area contributed by atoms with E-state index in [2.05, 4.69) is 20.9 Å². The summed E-state index contributed by atoms with van der Waals surface area (Å²) < 4.78 is 39.1. The molecular weight excluding hydrogens is 431 g/mol. The minimum absolute atomic E-state index is 0.0222. The van der Waals surface area contributed by atoms with Gasteiger partial charge in [-0.15, -0.1) is 0 Å². The Kier molecular flexibility index (Phi) is 5.28. The summed E-state index contributed by atoms with van der Waals surface area (Å²) in [5.41, 5.74) is 0.247. The van der Waals surface area contributed by atoms with Gasteiger partial charge in [0.2, 0.25) is 5.91 Å². The molecule has 0 aliphatic carbocycles. The van der Waals surface area contributed by atoms with E-state index in [9.17, 15) is 17.6 Å². The lowest BCUT2D eigenvalue weighted by Gasteiger charge is -2.25. The van der Waals surface area contributed by atoms with Crippen LogP contribution in [0.25, 0.3) is 0 Å². The zero-order valence-corrected chi connectivity index (χ0v) is 17.0. The molecule has 1 aromatic rings. The third-order valence-electron chi connectivity index (χ3n) is 4.04. The van der Waals surface area contributed by atoms with Crippen LogP contribution in [0.1, 0.15) is 20.3 Å². The molecule has 136 valence electrons. The Hall–Kier alpha value is -0.930. The van der Waals surface area contributed by atoms with E-state index in [0.29, 0.717) is 16.1 Å². The van der Waals surface area contributed by atoms with Gasteiger partial charge in [-0.2, -0.15) is 4.99 Å². The third-order valence-corrected chi connectivity index (χ3v) is 7.74. The van der Waals surface area contributed by atoms with E-state index >= 15 is 0 Å². The summed E-state index contributed by atoms with van der Waals surface area (Å²) >= 11 is 4.47. The molecule has 2 aliphatic heterocycles. The molecule has 5 nitrogen and oxygen atoms in total. The summed E-state index contributed by atoms with van der Waals surface area (Å²) in [5.74, 6) is -0.626. The first-order valence-corrected chi connectivity index (χ1v) is 11.4. The fraction of sp³-hybridized carbons (Fsp3) is 0.500. The monoisotopic (exact) mass is 448 g/mol. The summed E-state index contributed by atoms with van der Waals surface area (Å²) in [6.07, 6.45) is 0.300. The number of anilines is 1. The summed E-state index contributed by atoms with van der Waals surface area (Å²) in [6, 6.07) is 4.18. The van der Waals surface area contributed by atoms with Crippen molar-refractivity contribution in [1.29, 1.82) is 0 Å². The standard InChI is InChI=1S/C16H18BrFN2O3S2/c1-9(2)5-15(21)19-16-20(12-4-3-10(17)6-11(12)18)13-7-25(22,23)8-14(13)24-16/h3-4,6,9,13-14H,5,7-8H2,1-2H3/t13-,14-/m1/s1. The molecular formula is C16H18BrFN2O3S2. The Morgan fingerprint density at radius 1 is 1.44 bits per heavy atom. The summed E-state index contributed by atoms with van der Waals surface area (Å²) in [5, 5.41) is 0.149. The first-order chi connectivity index (χ1) is 11.7. The maximum Gasteiger partial charge on any atom is 0.248 e. The average molecular weight is 449 g/mol. The number of sulfone groups is 1. The number of rotatable bonds is 3. The van der Waals surface area contributed by atoms with Crippen LogP contribution in [-0.4, -0.2) is 42.3 Å². The number of benzene rings is 1. The van der Waals surface area contributed by atoms with Crippen LogP contribution in [0.5, 0.6) is 0 Å². The van der Waals surface area contributed by atoms with Crippen LogP contribution in [0.2, 0.25) is 0 Å². The van der Waals surface area contributed by atoms with Gasteiger partial charge in [0.1, 0.15) is 5.82 Å². The molecule has 0 bridgehead atoms. The zero-order chi connectivity index (χ0) is 18.4. The lowest BCUT2D eigenvalue weighted by molar-refractivity contribution is -0.118. The van der Waals surface area contributed by atoms with E-state index in [-0.39, 0.29) is 34.3 Å². The van der Waals surface area contributed by atoms with E-state index < -0.39 is 21.7 Å². The third kappa shape index (κ3) is 4.09. The second-order valence-electron chi connectivity index (χ2n) is 6.65. The van der Waals surface area contributed by atoms with Gasteiger partial charge < -0.3 is 4.90 Å². The van der Waals surface area contributed by atoms with E-state index in [1.165, 1.54) is 17.8 Å². The molecule has 2 saturated heterocycles. The fourth-order valence-electron chi connectivity index (χ4n) is 3.02. The molecule has 25 heavy (non-hydrogen) atoms. The van der Waals surface area contributed by atoms with Crippen molar-refractivity contribution in [1.82, 2.24) is 0 Å². The maximum atomic E-state index is 14.5. The molecule has 0 aromatic heterocycles. The molecule has 2 heterocycles. The van der Waals surface area contributed by atoms with Gasteiger partial charge in [-0.1, -0.05) is 41.5 Å². The number of hydrogen-bond acceptors (Lipinski definition) is 4. The van der Waals surface area contributed by atoms with Gasteiger partial charge >= 0.3 is 0 Å². The highest BCUT2D eigenvalue weighted by Crippen LogP contribution is 2.42. The predicted octanol–water partition coefficient (Wildman–Crippen LogP) is 3.24. The molecule has 0 saturated carbocycles. The average Bonchev–Trinajstić information content (AvgIpc) is 2.90. The number of hydrogen-bond donors (Lipinski definition) is 0. The molecule has 1 aromatic carbocycles. The molecule has 0 unspecified atom stereocenters. The van der Waals surface area contributed by atoms with Crippen molar-refractivity contribution >= 4 is 54.3 Å². The minimum Gasteiger partial charge on any atom is -0.313 e. The van der Waals surface area contributed by atoms with E-state index in [1.807, 2.05) is 13.8 Å². The number of nitrogens with zero attached hydrogens (tertiary/aromatic N) is 2. The van der Waals surface area contributed by atoms with E-state index in [4.69, 9.17) is 0 Å². The topological polar surface area (TPSA) is 66.8 Å². The highest BCUT2D eigenvalue weighted by atomic mass is 79.9. The Bertz CT molecular complexity index is 842. The Balaban J connectivity index is 2.01. The van der Waals surface area contributed by atoms with Crippen molar-refractivity contribution in [2.75, 3.05) is 16.4 Å². The predicted molar refractivity (Wildman–Crippen MR) is 102 cm³/mol. The van der Waals surface area contributed by atoms with Gasteiger partial charge in [0.15, 0.2) is 15.0 Å². The largest absolute Gasteiger partial charge is 0.313 e. The Morgan fingerprint density at radius 2 is 2.16 bits per heavy atom. The number of carbonyl (C=O) groups excluding carboxylic acids is 1. The van der Waals surface area contributed by atoms with Crippen LogP contribution in [-0.2, 0) is 14.6 Å². The van der Waals surface area contributed by atoms with Crippen molar-refractivity contribution in [2.45, 2.75) is 31.6 Å². The van der Waals surface area contributed by atoms with Crippen molar-refractivity contribution < 1.29 is 17.6 Å². The molecule has 2 aliphatic rings. The van der Waals surface area contributed by atoms with Gasteiger partial charge in [0.05, 0.1) is 23.2 Å². The highest BCUT2D eigenvalue weighted by Gasteiger charge is 2.49. The second kappa shape index (κ2) is 7.00. The summed E-state index contributed by atoms with van der Waals surface area (Å²) in [6.45, 7) is 3.85. The summed E-state index contributed by atoms with van der Waals surface area (Å²) in [7, 11) is -3.17. The number of amidine groups is 1. The van der Waals surface area contributed by atoms with Crippen LogP contribution in [0.15, 0.2) is 27.7 Å². The molecule has 0 radical (unpaired) electrons. The number of fused-ring (bicyclic) bond motifs is 1. The van der Waals surface area contributed by atoms with Crippen LogP contribution in [0.4, 0.5) is 10.1 Å². The number of amides is 1. The molecule has 0 N–H and O–H groups in total. The molecule has 3 rings (SSSR count). The first-order valence-electron chi connectivity index (χ1n) is 7.89. The lowest BCUT2D eigenvalue weighted by Crippen LogP contribution is -2.38. The number of thioether (sulfide) groups is 1. The van der Waals surface area contributed by atoms with E-state index in [0.717, 1.165) is 0 Å². The molecule has 2 fully saturated rings. The van der Waals surface area contributed by atoms with Gasteiger partial charge in [-0.3, -0.25) is 4.79 Å². The maximum absolute atomic E-state index is 14.5. The minimum atomic E-state index is -3.17. The Labute approximate surface area is 159 Å². The quantitative estimate of drug-likeness (QED) is 0.709. The van der Waals surface area contributed by atoms with Crippen LogP contribution < -0.4 is 4.90 Å². The number of carbonyl (C=O) groups is 1. The summed E-state index contributed by atoms with van der Waals surface area (Å²) in [4.78, 5) is 17.9. The molecule has 1 amide bonds. The van der Waals surface area contributed by atoms with Gasteiger partial charge in [-0.05, 0) is 24.1 Å². The Morgan fingerprint density at radius 3 is 2.80 bits per heavy atom. The number of halogens is 2. The second-order valence-corrected chi connectivity index (χ2v) is 10.9. The molecule has 9 heteroatoms. The van der Waals surface area contributed by atoms with Crippen LogP contribution >= 0.6 is 27.7 Å². The fourth-order valence-corrected chi connectivity index (χ4v) is 7.28. The van der Waals surface area contributed by atoms with Crippen LogP contribution in [0.3, 0.4) is 0 Å². The molecule has 2 atom stereocenters. The van der Waals surface area contributed by atoms with Gasteiger partial charge in [0, 0.05) is 16.1 Å².